The first-order chi connectivity index (χ1) is 12.0. The quantitative estimate of drug-likeness (QED) is 0.881. The van der Waals surface area contributed by atoms with Gasteiger partial charge < -0.3 is 14.9 Å². The van der Waals surface area contributed by atoms with Gasteiger partial charge in [-0.25, -0.2) is 4.39 Å². The van der Waals surface area contributed by atoms with Gasteiger partial charge in [0.2, 0.25) is 11.8 Å². The Morgan fingerprint density at radius 3 is 2.52 bits per heavy atom. The zero-order valence-corrected chi connectivity index (χ0v) is 14.6. The highest BCUT2D eigenvalue weighted by atomic mass is 32.2. The van der Waals surface area contributed by atoms with Gasteiger partial charge in [0.15, 0.2) is 0 Å². The molecule has 2 amide bonds. The van der Waals surface area contributed by atoms with Crippen LogP contribution < -0.4 is 0 Å². The van der Waals surface area contributed by atoms with Crippen LogP contribution in [0, 0.1) is 5.82 Å². The number of amides is 2. The molecule has 0 spiro atoms. The molecule has 3 aliphatic rings. The number of piperidine rings is 1. The van der Waals surface area contributed by atoms with E-state index in [0.29, 0.717) is 24.6 Å². The maximum Gasteiger partial charge on any atom is 0.246 e. The number of hydrogen-bond donors (Lipinski definition) is 1. The molecule has 1 aromatic rings. The number of halogens is 1. The van der Waals surface area contributed by atoms with E-state index in [9.17, 15) is 19.1 Å². The van der Waals surface area contributed by atoms with E-state index in [4.69, 9.17) is 0 Å². The third-order valence-electron chi connectivity index (χ3n) is 5.37. The molecule has 1 N–H and O–H groups in total. The van der Waals surface area contributed by atoms with Crippen molar-refractivity contribution in [3.63, 3.8) is 0 Å². The lowest BCUT2D eigenvalue weighted by Crippen LogP contribution is -2.65. The second-order valence-electron chi connectivity index (χ2n) is 7.03. The number of nitrogens with zero attached hydrogens (tertiary/aromatic N) is 2. The van der Waals surface area contributed by atoms with Gasteiger partial charge in [0.1, 0.15) is 17.9 Å². The molecule has 7 heteroatoms. The molecule has 3 fully saturated rings. The summed E-state index contributed by atoms with van der Waals surface area (Å²) in [6.07, 6.45) is 1.27. The molecule has 134 valence electrons. The van der Waals surface area contributed by atoms with E-state index in [0.717, 1.165) is 17.7 Å². The Bertz CT molecular complexity index is 683. The molecule has 4 rings (SSSR count). The Labute approximate surface area is 150 Å². The van der Waals surface area contributed by atoms with Crippen molar-refractivity contribution >= 4 is 23.6 Å². The monoisotopic (exact) mass is 364 g/mol. The topological polar surface area (TPSA) is 60.9 Å². The lowest BCUT2D eigenvalue weighted by Gasteiger charge is -2.46. The summed E-state index contributed by atoms with van der Waals surface area (Å²) in [5.41, 5.74) is 1.06. The normalized spacial score (nSPS) is 31.9. The minimum absolute atomic E-state index is 0.0110. The fraction of sp³-hybridized carbons (Fsp3) is 0.556. The minimum atomic E-state index is -0.595. The molecule has 0 saturated carbocycles. The Kier molecular flexibility index (Phi) is 4.45. The Morgan fingerprint density at radius 2 is 1.76 bits per heavy atom. The van der Waals surface area contributed by atoms with Crippen LogP contribution in [0.15, 0.2) is 24.3 Å². The lowest BCUT2D eigenvalue weighted by molar-refractivity contribution is -0.161. The summed E-state index contributed by atoms with van der Waals surface area (Å²) in [5.74, 6) is 0.497. The molecule has 3 heterocycles. The molecule has 25 heavy (non-hydrogen) atoms. The summed E-state index contributed by atoms with van der Waals surface area (Å²) in [5, 5.41) is 10.1. The summed E-state index contributed by atoms with van der Waals surface area (Å²) in [6.45, 7) is 0.865. The zero-order chi connectivity index (χ0) is 17.6. The number of piperazine rings is 1. The van der Waals surface area contributed by atoms with E-state index in [1.54, 1.807) is 33.7 Å². The van der Waals surface area contributed by atoms with E-state index >= 15 is 0 Å². The van der Waals surface area contributed by atoms with Crippen LogP contribution >= 0.6 is 11.8 Å². The predicted molar refractivity (Wildman–Crippen MR) is 92.3 cm³/mol. The number of hydrogen-bond acceptors (Lipinski definition) is 4. The molecule has 1 aromatic carbocycles. The maximum absolute atomic E-state index is 13.0. The van der Waals surface area contributed by atoms with Gasteiger partial charge >= 0.3 is 0 Å². The van der Waals surface area contributed by atoms with Gasteiger partial charge in [-0.2, -0.15) is 11.8 Å². The molecular weight excluding hydrogens is 343 g/mol. The summed E-state index contributed by atoms with van der Waals surface area (Å²) >= 11 is 1.76. The molecule has 0 bridgehead atoms. The summed E-state index contributed by atoms with van der Waals surface area (Å²) in [7, 11) is 0. The van der Waals surface area contributed by atoms with Gasteiger partial charge in [-0.05, 0) is 30.5 Å². The average molecular weight is 364 g/mol. The van der Waals surface area contributed by atoms with E-state index < -0.39 is 18.2 Å². The predicted octanol–water partition coefficient (Wildman–Crippen LogP) is 1.39. The largest absolute Gasteiger partial charge is 0.391 e. The number of carbonyl (C=O) groups is 2. The Balaban J connectivity index is 1.41. The first-order valence-corrected chi connectivity index (χ1v) is 9.73. The Hall–Kier alpha value is -1.60. The zero-order valence-electron chi connectivity index (χ0n) is 13.8. The highest BCUT2D eigenvalue weighted by molar-refractivity contribution is 7.99. The fourth-order valence-corrected chi connectivity index (χ4v) is 5.26. The summed E-state index contributed by atoms with van der Waals surface area (Å²) in [4.78, 5) is 28.7. The van der Waals surface area contributed by atoms with E-state index in [1.165, 1.54) is 12.1 Å². The van der Waals surface area contributed by atoms with Crippen molar-refractivity contribution in [2.45, 2.75) is 48.5 Å². The van der Waals surface area contributed by atoms with Crippen LogP contribution in [0.25, 0.3) is 0 Å². The van der Waals surface area contributed by atoms with Crippen LogP contribution in [0.2, 0.25) is 0 Å². The second kappa shape index (κ2) is 6.61. The number of benzene rings is 1. The van der Waals surface area contributed by atoms with Crippen molar-refractivity contribution in [1.82, 2.24) is 9.80 Å². The smallest absolute Gasteiger partial charge is 0.246 e. The SMILES string of the molecule is O=C1C2CC(O)CN2C(=O)C2CC(SCc3ccc(F)cc3)CCN12. The molecule has 3 aliphatic heterocycles. The summed E-state index contributed by atoms with van der Waals surface area (Å²) < 4.78 is 13.0. The first kappa shape index (κ1) is 16.8. The average Bonchev–Trinajstić information content (AvgIpc) is 3.01. The third kappa shape index (κ3) is 3.15. The van der Waals surface area contributed by atoms with Crippen LogP contribution in [-0.4, -0.2) is 63.2 Å². The highest BCUT2D eigenvalue weighted by Crippen LogP contribution is 2.36. The van der Waals surface area contributed by atoms with Gasteiger partial charge in [-0.15, -0.1) is 0 Å². The minimum Gasteiger partial charge on any atom is -0.391 e. The van der Waals surface area contributed by atoms with Gasteiger partial charge in [-0.3, -0.25) is 9.59 Å². The van der Waals surface area contributed by atoms with Crippen molar-refractivity contribution in [1.29, 1.82) is 0 Å². The maximum atomic E-state index is 13.0. The van der Waals surface area contributed by atoms with Crippen LogP contribution in [-0.2, 0) is 15.3 Å². The second-order valence-corrected chi connectivity index (χ2v) is 8.32. The van der Waals surface area contributed by atoms with Crippen molar-refractivity contribution < 1.29 is 19.1 Å². The van der Waals surface area contributed by atoms with E-state index in [2.05, 4.69) is 0 Å². The lowest BCUT2D eigenvalue weighted by atomic mass is 9.95. The number of thioether (sulfide) groups is 1. The molecule has 0 radical (unpaired) electrons. The molecule has 4 atom stereocenters. The number of carbonyl (C=O) groups excluding carboxylic acids is 2. The van der Waals surface area contributed by atoms with Gasteiger partial charge in [0.05, 0.1) is 6.10 Å². The van der Waals surface area contributed by atoms with Crippen molar-refractivity contribution in [2.24, 2.45) is 0 Å². The molecule has 4 unspecified atom stereocenters. The molecule has 0 aliphatic carbocycles. The van der Waals surface area contributed by atoms with Crippen LogP contribution in [0.5, 0.6) is 0 Å². The molecule has 3 saturated heterocycles. The van der Waals surface area contributed by atoms with Crippen molar-refractivity contribution in [2.75, 3.05) is 13.1 Å². The fourth-order valence-electron chi connectivity index (χ4n) is 4.05. The highest BCUT2D eigenvalue weighted by Gasteiger charge is 2.51. The molecule has 5 nitrogen and oxygen atoms in total. The van der Waals surface area contributed by atoms with Gasteiger partial charge in [0.25, 0.3) is 0 Å². The first-order valence-electron chi connectivity index (χ1n) is 8.68. The van der Waals surface area contributed by atoms with Crippen molar-refractivity contribution in [3.8, 4) is 0 Å². The molecule has 0 aromatic heterocycles. The number of aliphatic hydroxyl groups is 1. The van der Waals surface area contributed by atoms with E-state index in [-0.39, 0.29) is 24.2 Å². The van der Waals surface area contributed by atoms with E-state index in [1.807, 2.05) is 0 Å². The number of fused-ring (bicyclic) bond motifs is 2. The Morgan fingerprint density at radius 1 is 1.08 bits per heavy atom. The van der Waals surface area contributed by atoms with Gasteiger partial charge in [0, 0.05) is 30.5 Å². The standard InChI is InChI=1S/C18H21FN2O3S/c19-12-3-1-11(2-4-12)10-25-14-5-6-20-16(8-14)18(24)21-9-13(22)7-15(21)17(20)23/h1-4,13-16,22H,5-10H2. The van der Waals surface area contributed by atoms with Gasteiger partial charge in [-0.1, -0.05) is 12.1 Å². The van der Waals surface area contributed by atoms with Crippen LogP contribution in [0.4, 0.5) is 4.39 Å². The number of aliphatic hydroxyl groups excluding tert-OH is 1. The van der Waals surface area contributed by atoms with Crippen LogP contribution in [0.1, 0.15) is 24.8 Å². The number of rotatable bonds is 3. The van der Waals surface area contributed by atoms with Crippen LogP contribution in [0.3, 0.4) is 0 Å². The third-order valence-corrected chi connectivity index (χ3v) is 6.77. The summed E-state index contributed by atoms with van der Waals surface area (Å²) in [6, 6.07) is 5.61. The van der Waals surface area contributed by atoms with Crippen molar-refractivity contribution in [3.05, 3.63) is 35.6 Å². The molecular formula is C18H21FN2O3S.